The molecule has 0 aliphatic rings. The number of carbonyl (C=O) groups excluding carboxylic acids is 1. The molecule has 7 heteroatoms. The quantitative estimate of drug-likeness (QED) is 0.700. The molecule has 136 valence electrons. The van der Waals surface area contributed by atoms with Crippen molar-refractivity contribution in [2.24, 2.45) is 0 Å². The molecule has 5 nitrogen and oxygen atoms in total. The third-order valence-electron chi connectivity index (χ3n) is 4.00. The topological polar surface area (TPSA) is 76.1 Å². The molecule has 0 aliphatic carbocycles. The Morgan fingerprint density at radius 3 is 2.62 bits per heavy atom. The zero-order valence-electron chi connectivity index (χ0n) is 14.8. The van der Waals surface area contributed by atoms with Crippen LogP contribution in [-0.4, -0.2) is 25.1 Å². The standard InChI is InChI=1S/C19H20N2O3S2/c1-4-26(23,24)17-8-6-5-7-14(17)18(22)20-13-9-10-15-16(11-13)25-19(21-15)12(2)3/h5-12H,4H2,1-3H3,(H,20,22). The number of anilines is 1. The van der Waals surface area contributed by atoms with E-state index in [2.05, 4.69) is 24.1 Å². The minimum Gasteiger partial charge on any atom is -0.322 e. The molecule has 1 aromatic heterocycles. The monoisotopic (exact) mass is 388 g/mol. The lowest BCUT2D eigenvalue weighted by Crippen LogP contribution is -2.17. The third-order valence-corrected chi connectivity index (χ3v) is 7.11. The van der Waals surface area contributed by atoms with E-state index in [1.807, 2.05) is 12.1 Å². The van der Waals surface area contributed by atoms with E-state index in [0.29, 0.717) is 11.6 Å². The maximum Gasteiger partial charge on any atom is 0.256 e. The van der Waals surface area contributed by atoms with Gasteiger partial charge in [-0.3, -0.25) is 4.79 Å². The Bertz CT molecular complexity index is 1070. The Morgan fingerprint density at radius 2 is 1.92 bits per heavy atom. The first kappa shape index (κ1) is 18.5. The number of hydrogen-bond acceptors (Lipinski definition) is 5. The van der Waals surface area contributed by atoms with Crippen LogP contribution in [0.15, 0.2) is 47.4 Å². The maximum atomic E-state index is 12.7. The molecule has 0 atom stereocenters. The van der Waals surface area contributed by atoms with E-state index >= 15 is 0 Å². The van der Waals surface area contributed by atoms with Crippen LogP contribution in [0.1, 0.15) is 42.1 Å². The number of hydrogen-bond donors (Lipinski definition) is 1. The minimum absolute atomic E-state index is 0.0535. The average molecular weight is 389 g/mol. The number of sulfone groups is 1. The van der Waals surface area contributed by atoms with Crippen LogP contribution in [0.2, 0.25) is 0 Å². The van der Waals surface area contributed by atoms with Crippen molar-refractivity contribution < 1.29 is 13.2 Å². The summed E-state index contributed by atoms with van der Waals surface area (Å²) in [5.74, 6) is -0.149. The van der Waals surface area contributed by atoms with Gasteiger partial charge in [0.05, 0.1) is 31.4 Å². The summed E-state index contributed by atoms with van der Waals surface area (Å²) in [4.78, 5) is 17.3. The van der Waals surface area contributed by atoms with E-state index in [1.165, 1.54) is 12.1 Å². The summed E-state index contributed by atoms with van der Waals surface area (Å²) in [5.41, 5.74) is 1.66. The number of thiazole rings is 1. The van der Waals surface area contributed by atoms with E-state index in [4.69, 9.17) is 0 Å². The average Bonchev–Trinajstić information content (AvgIpc) is 3.05. The summed E-state index contributed by atoms with van der Waals surface area (Å²) >= 11 is 1.60. The van der Waals surface area contributed by atoms with E-state index in [-0.39, 0.29) is 16.2 Å². The molecular weight excluding hydrogens is 368 g/mol. The SMILES string of the molecule is CCS(=O)(=O)c1ccccc1C(=O)Nc1ccc2nc(C(C)C)sc2c1. The van der Waals surface area contributed by atoms with Crippen LogP contribution in [-0.2, 0) is 9.84 Å². The second-order valence-electron chi connectivity index (χ2n) is 6.24. The highest BCUT2D eigenvalue weighted by molar-refractivity contribution is 7.91. The zero-order valence-corrected chi connectivity index (χ0v) is 16.4. The summed E-state index contributed by atoms with van der Waals surface area (Å²) in [7, 11) is -3.48. The van der Waals surface area contributed by atoms with Crippen LogP contribution in [0, 0.1) is 0 Å². The molecule has 0 radical (unpaired) electrons. The fourth-order valence-corrected chi connectivity index (χ4v) is 4.65. The highest BCUT2D eigenvalue weighted by Gasteiger charge is 2.20. The van der Waals surface area contributed by atoms with Crippen LogP contribution in [0.3, 0.4) is 0 Å². The first-order chi connectivity index (χ1) is 12.3. The van der Waals surface area contributed by atoms with E-state index in [9.17, 15) is 13.2 Å². The number of nitrogens with zero attached hydrogens (tertiary/aromatic N) is 1. The number of amides is 1. The number of carbonyl (C=O) groups is 1. The van der Waals surface area contributed by atoms with Gasteiger partial charge in [0.25, 0.3) is 5.91 Å². The zero-order chi connectivity index (χ0) is 18.9. The molecule has 3 rings (SSSR count). The van der Waals surface area contributed by atoms with Crippen molar-refractivity contribution in [1.82, 2.24) is 4.98 Å². The van der Waals surface area contributed by atoms with Crippen molar-refractivity contribution in [2.75, 3.05) is 11.1 Å². The van der Waals surface area contributed by atoms with Gasteiger partial charge in [-0.1, -0.05) is 32.9 Å². The second kappa shape index (κ2) is 7.17. The van der Waals surface area contributed by atoms with Gasteiger partial charge in [-0.25, -0.2) is 13.4 Å². The lowest BCUT2D eigenvalue weighted by molar-refractivity contribution is 0.102. The van der Waals surface area contributed by atoms with Gasteiger partial charge in [0.1, 0.15) is 0 Å². The summed E-state index contributed by atoms with van der Waals surface area (Å²) in [6, 6.07) is 11.8. The smallest absolute Gasteiger partial charge is 0.256 e. The molecule has 0 saturated carbocycles. The van der Waals surface area contributed by atoms with Crippen molar-refractivity contribution in [3.8, 4) is 0 Å². The Balaban J connectivity index is 1.93. The van der Waals surface area contributed by atoms with E-state index in [1.54, 1.807) is 36.5 Å². The van der Waals surface area contributed by atoms with Gasteiger partial charge in [-0.05, 0) is 30.3 Å². The molecule has 3 aromatic rings. The molecule has 26 heavy (non-hydrogen) atoms. The molecule has 0 bridgehead atoms. The molecule has 0 fully saturated rings. The molecule has 2 aromatic carbocycles. The number of fused-ring (bicyclic) bond motifs is 1. The summed E-state index contributed by atoms with van der Waals surface area (Å²) in [5, 5.41) is 3.85. The summed E-state index contributed by atoms with van der Waals surface area (Å²) in [6.07, 6.45) is 0. The van der Waals surface area contributed by atoms with Gasteiger partial charge in [-0.2, -0.15) is 0 Å². The summed E-state index contributed by atoms with van der Waals surface area (Å²) < 4.78 is 25.5. The van der Waals surface area contributed by atoms with Crippen LogP contribution >= 0.6 is 11.3 Å². The second-order valence-corrected chi connectivity index (χ2v) is 9.55. The highest BCUT2D eigenvalue weighted by Crippen LogP contribution is 2.29. The van der Waals surface area contributed by atoms with Crippen molar-refractivity contribution >= 4 is 43.0 Å². The van der Waals surface area contributed by atoms with Crippen LogP contribution in [0.25, 0.3) is 10.2 Å². The molecule has 0 spiro atoms. The normalized spacial score (nSPS) is 11.8. The number of nitrogens with one attached hydrogen (secondary N) is 1. The van der Waals surface area contributed by atoms with Crippen LogP contribution in [0.5, 0.6) is 0 Å². The fraction of sp³-hybridized carbons (Fsp3) is 0.263. The predicted octanol–water partition coefficient (Wildman–Crippen LogP) is 4.47. The van der Waals surface area contributed by atoms with E-state index < -0.39 is 15.7 Å². The highest BCUT2D eigenvalue weighted by atomic mass is 32.2. The largest absolute Gasteiger partial charge is 0.322 e. The van der Waals surface area contributed by atoms with Crippen molar-refractivity contribution in [3.05, 3.63) is 53.0 Å². The van der Waals surface area contributed by atoms with Gasteiger partial charge in [0.15, 0.2) is 9.84 Å². The number of rotatable bonds is 5. The molecule has 0 aliphatic heterocycles. The van der Waals surface area contributed by atoms with Crippen molar-refractivity contribution in [2.45, 2.75) is 31.6 Å². The Kier molecular flexibility index (Phi) is 5.11. The van der Waals surface area contributed by atoms with Crippen LogP contribution < -0.4 is 5.32 Å². The van der Waals surface area contributed by atoms with Gasteiger partial charge >= 0.3 is 0 Å². The summed E-state index contributed by atoms with van der Waals surface area (Å²) in [6.45, 7) is 5.74. The van der Waals surface area contributed by atoms with Crippen molar-refractivity contribution in [3.63, 3.8) is 0 Å². The fourth-order valence-electron chi connectivity index (χ4n) is 2.55. The predicted molar refractivity (Wildman–Crippen MR) is 106 cm³/mol. The first-order valence-corrected chi connectivity index (χ1v) is 10.8. The third kappa shape index (κ3) is 3.64. The van der Waals surface area contributed by atoms with Gasteiger partial charge in [0.2, 0.25) is 0 Å². The van der Waals surface area contributed by atoms with E-state index in [0.717, 1.165) is 15.2 Å². The van der Waals surface area contributed by atoms with Gasteiger partial charge in [-0.15, -0.1) is 11.3 Å². The van der Waals surface area contributed by atoms with Gasteiger partial charge in [0, 0.05) is 11.6 Å². The lowest BCUT2D eigenvalue weighted by atomic mass is 10.2. The molecule has 0 saturated heterocycles. The Hall–Kier alpha value is -2.25. The van der Waals surface area contributed by atoms with Crippen molar-refractivity contribution in [1.29, 1.82) is 0 Å². The molecule has 0 unspecified atom stereocenters. The number of aromatic nitrogens is 1. The lowest BCUT2D eigenvalue weighted by Gasteiger charge is -2.10. The molecule has 1 amide bonds. The molecule has 1 N–H and O–H groups in total. The number of benzene rings is 2. The molecular formula is C19H20N2O3S2. The van der Waals surface area contributed by atoms with Gasteiger partial charge < -0.3 is 5.32 Å². The minimum atomic E-state index is -3.48. The molecule has 1 heterocycles. The first-order valence-electron chi connectivity index (χ1n) is 8.35. The van der Waals surface area contributed by atoms with Crippen LogP contribution in [0.4, 0.5) is 5.69 Å². The Morgan fingerprint density at radius 1 is 1.19 bits per heavy atom. The maximum absolute atomic E-state index is 12.7. The Labute approximate surface area is 157 Å².